The van der Waals surface area contributed by atoms with Crippen LogP contribution in [-0.2, 0) is 6.54 Å². The fourth-order valence-corrected chi connectivity index (χ4v) is 3.30. The van der Waals surface area contributed by atoms with E-state index in [2.05, 4.69) is 17.3 Å². The average molecular weight is 343 g/mol. The van der Waals surface area contributed by atoms with Crippen molar-refractivity contribution in [1.82, 2.24) is 9.78 Å². The Hall–Kier alpha value is -3.14. The molecule has 4 rings (SSSR count). The van der Waals surface area contributed by atoms with Crippen molar-refractivity contribution >= 4 is 33.4 Å². The second-order valence-electron chi connectivity index (χ2n) is 6.42. The van der Waals surface area contributed by atoms with Gasteiger partial charge in [0, 0.05) is 17.5 Å². The van der Waals surface area contributed by atoms with Crippen LogP contribution in [0.5, 0.6) is 0 Å². The number of para-hydroxylation sites is 1. The lowest BCUT2D eigenvalue weighted by atomic mass is 10.0. The zero-order valence-corrected chi connectivity index (χ0v) is 14.8. The van der Waals surface area contributed by atoms with Crippen LogP contribution in [0.4, 0.5) is 5.82 Å². The third-order valence-corrected chi connectivity index (χ3v) is 4.65. The zero-order chi connectivity index (χ0) is 17.9. The quantitative estimate of drug-likeness (QED) is 0.538. The molecule has 0 fully saturated rings. The number of amides is 1. The number of benzene rings is 3. The van der Waals surface area contributed by atoms with Gasteiger partial charge in [-0.1, -0.05) is 61.9 Å². The molecule has 4 aromatic rings. The Bertz CT molecular complexity index is 1080. The molecule has 0 aliphatic heterocycles. The van der Waals surface area contributed by atoms with E-state index in [1.54, 1.807) is 0 Å². The fraction of sp³-hybridized carbons (Fsp3) is 0.182. The summed E-state index contributed by atoms with van der Waals surface area (Å²) in [6, 6.07) is 21.7. The first-order valence-electron chi connectivity index (χ1n) is 9.02. The summed E-state index contributed by atoms with van der Waals surface area (Å²) in [6.45, 7) is 3.01. The molecule has 0 spiro atoms. The van der Waals surface area contributed by atoms with Crippen LogP contribution >= 0.6 is 0 Å². The fourth-order valence-electron chi connectivity index (χ4n) is 3.30. The number of carbonyl (C=O) groups is 1. The molecule has 1 N–H and O–H groups in total. The van der Waals surface area contributed by atoms with Crippen LogP contribution in [0.2, 0.25) is 0 Å². The number of nitrogens with zero attached hydrogens (tertiary/aromatic N) is 2. The van der Waals surface area contributed by atoms with Crippen molar-refractivity contribution in [3.05, 3.63) is 72.3 Å². The second kappa shape index (κ2) is 7.00. The molecule has 0 bridgehead atoms. The van der Waals surface area contributed by atoms with Crippen LogP contribution in [0.15, 0.2) is 66.7 Å². The van der Waals surface area contributed by atoms with Gasteiger partial charge in [-0.2, -0.15) is 5.10 Å². The number of fused-ring (bicyclic) bond motifs is 2. The predicted octanol–water partition coefficient (Wildman–Crippen LogP) is 5.24. The SMILES string of the molecule is CCCCn1nc(NC(=O)c2cccc3ccccc23)c2ccccc21. The topological polar surface area (TPSA) is 46.9 Å². The van der Waals surface area contributed by atoms with Crippen molar-refractivity contribution in [3.8, 4) is 0 Å². The summed E-state index contributed by atoms with van der Waals surface area (Å²) >= 11 is 0. The molecule has 1 heterocycles. The first kappa shape index (κ1) is 16.3. The molecule has 0 atom stereocenters. The van der Waals surface area contributed by atoms with Gasteiger partial charge >= 0.3 is 0 Å². The van der Waals surface area contributed by atoms with Crippen LogP contribution in [0, 0.1) is 0 Å². The molecule has 3 aromatic carbocycles. The highest BCUT2D eigenvalue weighted by Gasteiger charge is 2.15. The third kappa shape index (κ3) is 2.94. The predicted molar refractivity (Wildman–Crippen MR) is 107 cm³/mol. The van der Waals surface area contributed by atoms with Gasteiger partial charge in [0.15, 0.2) is 5.82 Å². The highest BCUT2D eigenvalue weighted by molar-refractivity contribution is 6.14. The zero-order valence-electron chi connectivity index (χ0n) is 14.8. The van der Waals surface area contributed by atoms with Crippen LogP contribution in [0.1, 0.15) is 30.1 Å². The molecule has 0 aliphatic rings. The lowest BCUT2D eigenvalue weighted by Gasteiger charge is -2.06. The highest BCUT2D eigenvalue weighted by atomic mass is 16.1. The Morgan fingerprint density at radius 1 is 0.962 bits per heavy atom. The summed E-state index contributed by atoms with van der Waals surface area (Å²) in [6.07, 6.45) is 2.16. The van der Waals surface area contributed by atoms with Gasteiger partial charge in [-0.25, -0.2) is 0 Å². The number of anilines is 1. The van der Waals surface area contributed by atoms with Crippen LogP contribution in [-0.4, -0.2) is 15.7 Å². The summed E-state index contributed by atoms with van der Waals surface area (Å²) in [7, 11) is 0. The summed E-state index contributed by atoms with van der Waals surface area (Å²) in [4.78, 5) is 12.9. The van der Waals surface area contributed by atoms with Crippen molar-refractivity contribution in [2.75, 3.05) is 5.32 Å². The van der Waals surface area contributed by atoms with Crippen molar-refractivity contribution in [2.45, 2.75) is 26.3 Å². The molecule has 4 nitrogen and oxygen atoms in total. The molecular weight excluding hydrogens is 322 g/mol. The molecule has 0 saturated carbocycles. The van der Waals surface area contributed by atoms with Crippen LogP contribution in [0.3, 0.4) is 0 Å². The largest absolute Gasteiger partial charge is 0.305 e. The van der Waals surface area contributed by atoms with Gasteiger partial charge in [-0.05, 0) is 35.4 Å². The number of hydrogen-bond acceptors (Lipinski definition) is 2. The Morgan fingerprint density at radius 3 is 2.54 bits per heavy atom. The standard InChI is InChI=1S/C22H21N3O/c1-2-3-15-25-20-14-7-6-12-19(20)21(24-25)23-22(26)18-13-8-10-16-9-4-5-11-17(16)18/h4-14H,2-3,15H2,1H3,(H,23,24,26). The maximum absolute atomic E-state index is 12.9. The van der Waals surface area contributed by atoms with E-state index >= 15 is 0 Å². The van der Waals surface area contributed by atoms with Crippen molar-refractivity contribution in [3.63, 3.8) is 0 Å². The van der Waals surface area contributed by atoms with Gasteiger partial charge in [-0.3, -0.25) is 9.48 Å². The van der Waals surface area contributed by atoms with E-state index in [1.807, 2.05) is 71.4 Å². The van der Waals surface area contributed by atoms with Crippen LogP contribution in [0.25, 0.3) is 21.7 Å². The molecule has 26 heavy (non-hydrogen) atoms. The van der Waals surface area contributed by atoms with E-state index in [0.717, 1.165) is 41.1 Å². The molecule has 1 amide bonds. The number of aromatic nitrogens is 2. The first-order valence-corrected chi connectivity index (χ1v) is 9.02. The molecule has 1 aromatic heterocycles. The number of nitrogens with one attached hydrogen (secondary N) is 1. The molecule has 130 valence electrons. The van der Waals surface area contributed by atoms with Crippen molar-refractivity contribution in [2.24, 2.45) is 0 Å². The van der Waals surface area contributed by atoms with Crippen molar-refractivity contribution in [1.29, 1.82) is 0 Å². The molecule has 4 heteroatoms. The van der Waals surface area contributed by atoms with E-state index < -0.39 is 0 Å². The van der Waals surface area contributed by atoms with E-state index in [9.17, 15) is 4.79 Å². The summed E-state index contributed by atoms with van der Waals surface area (Å²) < 4.78 is 1.98. The Kier molecular flexibility index (Phi) is 4.40. The average Bonchev–Trinajstić information content (AvgIpc) is 3.03. The molecule has 0 saturated heterocycles. The van der Waals surface area contributed by atoms with E-state index in [-0.39, 0.29) is 5.91 Å². The van der Waals surface area contributed by atoms with Crippen LogP contribution < -0.4 is 5.32 Å². The van der Waals surface area contributed by atoms with E-state index in [1.165, 1.54) is 0 Å². The molecular formula is C22H21N3O. The smallest absolute Gasteiger partial charge is 0.257 e. The maximum atomic E-state index is 12.9. The number of aryl methyl sites for hydroxylation is 1. The Balaban J connectivity index is 1.71. The summed E-state index contributed by atoms with van der Waals surface area (Å²) in [5.41, 5.74) is 1.71. The van der Waals surface area contributed by atoms with Gasteiger partial charge in [-0.15, -0.1) is 0 Å². The summed E-state index contributed by atoms with van der Waals surface area (Å²) in [5.74, 6) is 0.488. The van der Waals surface area contributed by atoms with E-state index in [4.69, 9.17) is 0 Å². The van der Waals surface area contributed by atoms with Gasteiger partial charge < -0.3 is 5.32 Å². The number of hydrogen-bond donors (Lipinski definition) is 1. The molecule has 0 aliphatic carbocycles. The highest BCUT2D eigenvalue weighted by Crippen LogP contribution is 2.25. The van der Waals surface area contributed by atoms with E-state index in [0.29, 0.717) is 11.4 Å². The molecule has 0 radical (unpaired) electrons. The molecule has 0 unspecified atom stereocenters. The second-order valence-corrected chi connectivity index (χ2v) is 6.42. The van der Waals surface area contributed by atoms with Gasteiger partial charge in [0.25, 0.3) is 5.91 Å². The lowest BCUT2D eigenvalue weighted by Crippen LogP contribution is -2.13. The lowest BCUT2D eigenvalue weighted by molar-refractivity contribution is 0.102. The Labute approximate surface area is 152 Å². The minimum absolute atomic E-state index is 0.132. The number of rotatable bonds is 5. The normalized spacial score (nSPS) is 11.1. The summed E-state index contributed by atoms with van der Waals surface area (Å²) in [5, 5.41) is 10.6. The minimum Gasteiger partial charge on any atom is -0.305 e. The maximum Gasteiger partial charge on any atom is 0.257 e. The monoisotopic (exact) mass is 343 g/mol. The third-order valence-electron chi connectivity index (χ3n) is 4.65. The van der Waals surface area contributed by atoms with Crippen molar-refractivity contribution < 1.29 is 4.79 Å². The Morgan fingerprint density at radius 2 is 1.69 bits per heavy atom. The number of unbranched alkanes of at least 4 members (excludes halogenated alkanes) is 1. The van der Waals surface area contributed by atoms with Gasteiger partial charge in [0.2, 0.25) is 0 Å². The first-order chi connectivity index (χ1) is 12.8. The minimum atomic E-state index is -0.132. The van der Waals surface area contributed by atoms with Gasteiger partial charge in [0.05, 0.1) is 5.52 Å². The number of carbonyl (C=O) groups excluding carboxylic acids is 1. The van der Waals surface area contributed by atoms with Gasteiger partial charge in [0.1, 0.15) is 0 Å².